The minimum atomic E-state index is 0.403. The normalized spacial score (nSPS) is 13.8. The highest BCUT2D eigenvalue weighted by Gasteiger charge is 2.09. The molecule has 0 aliphatic carbocycles. The fraction of sp³-hybridized carbons (Fsp3) is 0.867. The van der Waals surface area contributed by atoms with Gasteiger partial charge in [-0.1, -0.05) is 26.7 Å². The number of rotatable bonds is 10. The summed E-state index contributed by atoms with van der Waals surface area (Å²) >= 11 is 0. The van der Waals surface area contributed by atoms with Gasteiger partial charge in [-0.25, -0.2) is 0 Å². The summed E-state index contributed by atoms with van der Waals surface area (Å²) in [5.74, 6) is 1.05. The number of ketones is 1. The van der Waals surface area contributed by atoms with E-state index in [1.165, 1.54) is 31.4 Å². The molecule has 0 fully saturated rings. The van der Waals surface area contributed by atoms with E-state index in [4.69, 9.17) is 0 Å². The Labute approximate surface area is 107 Å². The van der Waals surface area contributed by atoms with Crippen LogP contribution in [0.15, 0.2) is 4.99 Å². The summed E-state index contributed by atoms with van der Waals surface area (Å²) in [4.78, 5) is 15.6. The van der Waals surface area contributed by atoms with Gasteiger partial charge in [0.2, 0.25) is 0 Å². The van der Waals surface area contributed by atoms with E-state index in [1.54, 1.807) is 0 Å². The number of hydrogen-bond acceptors (Lipinski definition) is 2. The van der Waals surface area contributed by atoms with Crippen molar-refractivity contribution in [2.45, 2.75) is 72.6 Å². The molecular weight excluding hydrogens is 210 g/mol. The van der Waals surface area contributed by atoms with Crippen molar-refractivity contribution in [1.29, 1.82) is 0 Å². The second-order valence-corrected chi connectivity index (χ2v) is 4.71. The SMILES string of the molecule is CCN=C(C)C(CC)CCCCCC(=O)CC. The molecule has 17 heavy (non-hydrogen) atoms. The second-order valence-electron chi connectivity index (χ2n) is 4.71. The van der Waals surface area contributed by atoms with E-state index in [0.717, 1.165) is 19.4 Å². The number of Topliss-reactive ketones (excluding diaryl/α,β-unsaturated/α-hetero) is 1. The zero-order valence-corrected chi connectivity index (χ0v) is 12.1. The fourth-order valence-electron chi connectivity index (χ4n) is 2.15. The van der Waals surface area contributed by atoms with Crippen molar-refractivity contribution in [2.75, 3.05) is 6.54 Å². The minimum Gasteiger partial charge on any atom is -0.300 e. The van der Waals surface area contributed by atoms with Gasteiger partial charge in [-0.2, -0.15) is 0 Å². The number of hydrogen-bond donors (Lipinski definition) is 0. The summed E-state index contributed by atoms with van der Waals surface area (Å²) in [6.07, 6.45) is 7.35. The van der Waals surface area contributed by atoms with Gasteiger partial charge in [0, 0.05) is 25.1 Å². The third-order valence-corrected chi connectivity index (χ3v) is 3.39. The molecule has 0 aromatic rings. The van der Waals surface area contributed by atoms with Crippen molar-refractivity contribution in [3.05, 3.63) is 0 Å². The van der Waals surface area contributed by atoms with Crippen LogP contribution in [0.3, 0.4) is 0 Å². The third kappa shape index (κ3) is 8.12. The second kappa shape index (κ2) is 10.5. The Morgan fingerprint density at radius 3 is 2.35 bits per heavy atom. The van der Waals surface area contributed by atoms with Crippen LogP contribution in [0.5, 0.6) is 0 Å². The molecule has 0 N–H and O–H groups in total. The molecule has 0 aliphatic rings. The molecule has 0 aliphatic heterocycles. The van der Waals surface area contributed by atoms with Crippen molar-refractivity contribution < 1.29 is 4.79 Å². The molecule has 1 unspecified atom stereocenters. The molecule has 2 heteroatoms. The number of carbonyl (C=O) groups is 1. The minimum absolute atomic E-state index is 0.403. The van der Waals surface area contributed by atoms with E-state index in [0.29, 0.717) is 18.1 Å². The Morgan fingerprint density at radius 1 is 1.12 bits per heavy atom. The van der Waals surface area contributed by atoms with Gasteiger partial charge in [0.25, 0.3) is 0 Å². The Bertz CT molecular complexity index is 233. The molecule has 0 rings (SSSR count). The van der Waals surface area contributed by atoms with E-state index in [2.05, 4.69) is 25.8 Å². The van der Waals surface area contributed by atoms with Crippen molar-refractivity contribution in [3.8, 4) is 0 Å². The topological polar surface area (TPSA) is 29.4 Å². The zero-order chi connectivity index (χ0) is 13.1. The Hall–Kier alpha value is -0.660. The van der Waals surface area contributed by atoms with E-state index in [-0.39, 0.29) is 0 Å². The quantitative estimate of drug-likeness (QED) is 0.410. The predicted octanol–water partition coefficient (Wildman–Crippen LogP) is 4.42. The molecule has 0 saturated heterocycles. The summed E-state index contributed by atoms with van der Waals surface area (Å²) in [5.41, 5.74) is 1.31. The van der Waals surface area contributed by atoms with Gasteiger partial charge in [0.05, 0.1) is 0 Å². The number of unbranched alkanes of at least 4 members (excludes halogenated alkanes) is 2. The first-order valence-corrected chi connectivity index (χ1v) is 7.18. The molecule has 0 heterocycles. The van der Waals surface area contributed by atoms with Crippen molar-refractivity contribution in [3.63, 3.8) is 0 Å². The highest BCUT2D eigenvalue weighted by Crippen LogP contribution is 2.16. The fourth-order valence-corrected chi connectivity index (χ4v) is 2.15. The van der Waals surface area contributed by atoms with Crippen LogP contribution in [-0.4, -0.2) is 18.0 Å². The van der Waals surface area contributed by atoms with E-state index < -0.39 is 0 Å². The van der Waals surface area contributed by atoms with E-state index >= 15 is 0 Å². The molecule has 0 bridgehead atoms. The number of carbonyl (C=O) groups excluding carboxylic acids is 1. The van der Waals surface area contributed by atoms with Crippen LogP contribution in [-0.2, 0) is 4.79 Å². The Morgan fingerprint density at radius 2 is 1.82 bits per heavy atom. The van der Waals surface area contributed by atoms with Crippen LogP contribution >= 0.6 is 0 Å². The summed E-state index contributed by atoms with van der Waals surface area (Å²) < 4.78 is 0. The summed E-state index contributed by atoms with van der Waals surface area (Å²) in [7, 11) is 0. The Balaban J connectivity index is 3.70. The summed E-state index contributed by atoms with van der Waals surface area (Å²) in [6.45, 7) is 9.32. The van der Waals surface area contributed by atoms with Crippen LogP contribution in [0.1, 0.15) is 72.6 Å². The van der Waals surface area contributed by atoms with Gasteiger partial charge in [0.1, 0.15) is 5.78 Å². The van der Waals surface area contributed by atoms with E-state index in [1.807, 2.05) is 6.92 Å². The maximum atomic E-state index is 11.1. The standard InChI is InChI=1S/C15H29NO/c1-5-14(13(4)16-7-3)11-9-8-10-12-15(17)6-2/h14H,5-12H2,1-4H3. The van der Waals surface area contributed by atoms with Gasteiger partial charge in [-0.3, -0.25) is 9.79 Å². The van der Waals surface area contributed by atoms with Crippen LogP contribution in [0.2, 0.25) is 0 Å². The van der Waals surface area contributed by atoms with Crippen LogP contribution in [0, 0.1) is 5.92 Å². The van der Waals surface area contributed by atoms with Crippen LogP contribution in [0.25, 0.3) is 0 Å². The molecule has 100 valence electrons. The lowest BCUT2D eigenvalue weighted by Crippen LogP contribution is -2.10. The van der Waals surface area contributed by atoms with Crippen LogP contribution in [0.4, 0.5) is 0 Å². The van der Waals surface area contributed by atoms with Gasteiger partial charge in [0.15, 0.2) is 0 Å². The number of nitrogens with zero attached hydrogens (tertiary/aromatic N) is 1. The summed E-state index contributed by atoms with van der Waals surface area (Å²) in [5, 5.41) is 0. The van der Waals surface area contributed by atoms with Gasteiger partial charge < -0.3 is 0 Å². The lowest BCUT2D eigenvalue weighted by Gasteiger charge is -2.14. The van der Waals surface area contributed by atoms with Gasteiger partial charge in [-0.15, -0.1) is 0 Å². The smallest absolute Gasteiger partial charge is 0.132 e. The van der Waals surface area contributed by atoms with E-state index in [9.17, 15) is 4.79 Å². The van der Waals surface area contributed by atoms with Crippen LogP contribution < -0.4 is 0 Å². The maximum absolute atomic E-state index is 11.1. The molecule has 1 atom stereocenters. The molecule has 0 aromatic heterocycles. The molecule has 0 spiro atoms. The molecule has 2 nitrogen and oxygen atoms in total. The first kappa shape index (κ1) is 16.3. The van der Waals surface area contributed by atoms with Crippen molar-refractivity contribution >= 4 is 11.5 Å². The largest absolute Gasteiger partial charge is 0.300 e. The maximum Gasteiger partial charge on any atom is 0.132 e. The lowest BCUT2D eigenvalue weighted by molar-refractivity contribution is -0.118. The predicted molar refractivity (Wildman–Crippen MR) is 75.8 cm³/mol. The molecule has 0 amide bonds. The number of aliphatic imine (C=N–C) groups is 1. The highest BCUT2D eigenvalue weighted by molar-refractivity contribution is 5.84. The molecule has 0 saturated carbocycles. The average molecular weight is 239 g/mol. The average Bonchev–Trinajstić information content (AvgIpc) is 2.33. The first-order valence-electron chi connectivity index (χ1n) is 7.18. The zero-order valence-electron chi connectivity index (χ0n) is 12.1. The third-order valence-electron chi connectivity index (χ3n) is 3.39. The first-order chi connectivity index (χ1) is 8.15. The van der Waals surface area contributed by atoms with Gasteiger partial charge in [-0.05, 0) is 39.0 Å². The molecular formula is C15H29NO. The van der Waals surface area contributed by atoms with Crippen molar-refractivity contribution in [2.24, 2.45) is 10.9 Å². The van der Waals surface area contributed by atoms with Crippen molar-refractivity contribution in [1.82, 2.24) is 0 Å². The Kier molecular flexibility index (Phi) is 10.1. The highest BCUT2D eigenvalue weighted by atomic mass is 16.1. The molecule has 0 radical (unpaired) electrons. The van der Waals surface area contributed by atoms with Gasteiger partial charge >= 0.3 is 0 Å². The lowest BCUT2D eigenvalue weighted by atomic mass is 9.94. The molecule has 0 aromatic carbocycles. The summed E-state index contributed by atoms with van der Waals surface area (Å²) in [6, 6.07) is 0. The monoisotopic (exact) mass is 239 g/mol.